The van der Waals surface area contributed by atoms with Gasteiger partial charge in [0.15, 0.2) is 0 Å². The van der Waals surface area contributed by atoms with Gasteiger partial charge in [0, 0.05) is 47.8 Å². The van der Waals surface area contributed by atoms with Crippen LogP contribution in [-0.2, 0) is 6.42 Å². The van der Waals surface area contributed by atoms with Crippen LogP contribution in [0.1, 0.15) is 5.69 Å². The maximum Gasteiger partial charge on any atom is 0.0743 e. The first-order valence-corrected chi connectivity index (χ1v) is 6.61. The van der Waals surface area contributed by atoms with Crippen molar-refractivity contribution in [2.45, 2.75) is 6.42 Å². The van der Waals surface area contributed by atoms with Crippen LogP contribution in [0.15, 0.2) is 54.9 Å². The molecule has 0 aliphatic carbocycles. The van der Waals surface area contributed by atoms with Crippen molar-refractivity contribution >= 4 is 22.3 Å². The van der Waals surface area contributed by atoms with E-state index in [1.807, 2.05) is 48.7 Å². The minimum absolute atomic E-state index is 0.732. The summed E-state index contributed by atoms with van der Waals surface area (Å²) in [6.07, 6.45) is 4.50. The normalized spacial score (nSPS) is 10.6. The third-order valence-corrected chi connectivity index (χ3v) is 3.19. The smallest absolute Gasteiger partial charge is 0.0743 e. The van der Waals surface area contributed by atoms with Gasteiger partial charge in [0.1, 0.15) is 0 Å². The third kappa shape index (κ3) is 2.69. The molecule has 0 saturated carbocycles. The first-order valence-electron chi connectivity index (χ1n) is 6.61. The quantitative estimate of drug-likeness (QED) is 0.711. The lowest BCUT2D eigenvalue weighted by Crippen LogP contribution is -2.06. The number of anilines is 2. The van der Waals surface area contributed by atoms with Crippen LogP contribution >= 0.6 is 0 Å². The molecule has 3 N–H and O–H groups in total. The van der Waals surface area contributed by atoms with Crippen LogP contribution in [0.3, 0.4) is 0 Å². The predicted molar refractivity (Wildman–Crippen MR) is 82.6 cm³/mol. The summed E-state index contributed by atoms with van der Waals surface area (Å²) < 4.78 is 0. The Bertz CT molecular complexity index is 710. The van der Waals surface area contributed by atoms with Crippen LogP contribution < -0.4 is 11.1 Å². The molecule has 3 rings (SSSR count). The van der Waals surface area contributed by atoms with Crippen molar-refractivity contribution in [1.29, 1.82) is 0 Å². The largest absolute Gasteiger partial charge is 0.399 e. The van der Waals surface area contributed by atoms with Gasteiger partial charge in [0.25, 0.3) is 0 Å². The van der Waals surface area contributed by atoms with E-state index in [0.29, 0.717) is 0 Å². The molecule has 4 nitrogen and oxygen atoms in total. The van der Waals surface area contributed by atoms with Gasteiger partial charge in [-0.05, 0) is 36.4 Å². The van der Waals surface area contributed by atoms with Gasteiger partial charge in [0.2, 0.25) is 0 Å². The Morgan fingerprint density at radius 2 is 1.95 bits per heavy atom. The van der Waals surface area contributed by atoms with E-state index in [0.717, 1.165) is 40.9 Å². The highest BCUT2D eigenvalue weighted by Gasteiger charge is 2.02. The number of benzene rings is 1. The number of nitrogen functional groups attached to an aromatic ring is 1. The van der Waals surface area contributed by atoms with Crippen molar-refractivity contribution in [1.82, 2.24) is 9.97 Å². The summed E-state index contributed by atoms with van der Waals surface area (Å²) in [7, 11) is 0. The molecule has 2 aromatic heterocycles. The molecule has 0 aliphatic heterocycles. The molecule has 4 heteroatoms. The number of pyridine rings is 2. The second kappa shape index (κ2) is 5.57. The van der Waals surface area contributed by atoms with Gasteiger partial charge in [-0.2, -0.15) is 0 Å². The summed E-state index contributed by atoms with van der Waals surface area (Å²) in [4.78, 5) is 8.65. The molecule has 0 fully saturated rings. The molecule has 20 heavy (non-hydrogen) atoms. The lowest BCUT2D eigenvalue weighted by Gasteiger charge is -2.09. The Hall–Kier alpha value is -2.62. The average molecular weight is 264 g/mol. The van der Waals surface area contributed by atoms with E-state index < -0.39 is 0 Å². The van der Waals surface area contributed by atoms with E-state index in [9.17, 15) is 0 Å². The Morgan fingerprint density at radius 1 is 1.00 bits per heavy atom. The number of rotatable bonds is 4. The molecular weight excluding hydrogens is 248 g/mol. The molecule has 0 spiro atoms. The molecule has 100 valence electrons. The number of nitrogens with two attached hydrogens (primary N) is 1. The summed E-state index contributed by atoms with van der Waals surface area (Å²) in [6, 6.07) is 13.7. The lowest BCUT2D eigenvalue weighted by molar-refractivity contribution is 0.962. The molecular formula is C16H16N4. The standard InChI is InChI=1S/C16H16N4/c17-12-4-5-14-15(7-10-20-16(14)11-12)19-9-6-13-3-1-2-8-18-13/h1-5,7-8,10-11H,6,9,17H2,(H,19,20). The van der Waals surface area contributed by atoms with Crippen LogP contribution in [0.2, 0.25) is 0 Å². The number of hydrogen-bond acceptors (Lipinski definition) is 4. The second-order valence-corrected chi connectivity index (χ2v) is 4.63. The van der Waals surface area contributed by atoms with Crippen molar-refractivity contribution in [2.75, 3.05) is 17.6 Å². The van der Waals surface area contributed by atoms with Crippen LogP contribution in [-0.4, -0.2) is 16.5 Å². The van der Waals surface area contributed by atoms with Gasteiger partial charge >= 0.3 is 0 Å². The maximum absolute atomic E-state index is 5.78. The highest BCUT2D eigenvalue weighted by atomic mass is 14.9. The fourth-order valence-corrected chi connectivity index (χ4v) is 2.19. The molecule has 1 aromatic carbocycles. The average Bonchev–Trinajstić information content (AvgIpc) is 2.48. The predicted octanol–water partition coefficient (Wildman–Crippen LogP) is 2.87. The van der Waals surface area contributed by atoms with Crippen LogP contribution in [0.5, 0.6) is 0 Å². The van der Waals surface area contributed by atoms with E-state index >= 15 is 0 Å². The van der Waals surface area contributed by atoms with E-state index in [2.05, 4.69) is 15.3 Å². The van der Waals surface area contributed by atoms with Crippen molar-refractivity contribution in [3.8, 4) is 0 Å². The number of aromatic nitrogens is 2. The van der Waals surface area contributed by atoms with Crippen LogP contribution in [0, 0.1) is 0 Å². The van der Waals surface area contributed by atoms with Gasteiger partial charge in [-0.3, -0.25) is 9.97 Å². The Labute approximate surface area is 117 Å². The Balaban J connectivity index is 1.74. The zero-order valence-corrected chi connectivity index (χ0v) is 11.1. The van der Waals surface area contributed by atoms with Gasteiger partial charge in [0.05, 0.1) is 5.52 Å². The molecule has 0 bridgehead atoms. The minimum atomic E-state index is 0.732. The van der Waals surface area contributed by atoms with E-state index in [1.54, 1.807) is 6.20 Å². The zero-order valence-electron chi connectivity index (χ0n) is 11.1. The number of nitrogens with one attached hydrogen (secondary N) is 1. The maximum atomic E-state index is 5.78. The number of hydrogen-bond donors (Lipinski definition) is 2. The summed E-state index contributed by atoms with van der Waals surface area (Å²) >= 11 is 0. The van der Waals surface area contributed by atoms with E-state index in [4.69, 9.17) is 5.73 Å². The summed E-state index contributed by atoms with van der Waals surface area (Å²) in [5.74, 6) is 0. The first-order chi connectivity index (χ1) is 9.83. The Morgan fingerprint density at radius 3 is 2.80 bits per heavy atom. The first kappa shape index (κ1) is 12.4. The van der Waals surface area contributed by atoms with Crippen molar-refractivity contribution in [3.63, 3.8) is 0 Å². The highest BCUT2D eigenvalue weighted by Crippen LogP contribution is 2.23. The van der Waals surface area contributed by atoms with Crippen LogP contribution in [0.25, 0.3) is 10.9 Å². The van der Waals surface area contributed by atoms with Gasteiger partial charge in [-0.15, -0.1) is 0 Å². The van der Waals surface area contributed by atoms with Crippen LogP contribution in [0.4, 0.5) is 11.4 Å². The van der Waals surface area contributed by atoms with E-state index in [1.165, 1.54) is 0 Å². The zero-order chi connectivity index (χ0) is 13.8. The summed E-state index contributed by atoms with van der Waals surface area (Å²) in [6.45, 7) is 0.834. The SMILES string of the molecule is Nc1ccc2c(NCCc3ccccn3)ccnc2c1. The van der Waals surface area contributed by atoms with Crippen molar-refractivity contribution < 1.29 is 0 Å². The van der Waals surface area contributed by atoms with Crippen molar-refractivity contribution in [3.05, 3.63) is 60.6 Å². The number of fused-ring (bicyclic) bond motifs is 1. The lowest BCUT2D eigenvalue weighted by atomic mass is 10.1. The third-order valence-electron chi connectivity index (χ3n) is 3.19. The monoisotopic (exact) mass is 264 g/mol. The number of nitrogens with zero attached hydrogens (tertiary/aromatic N) is 2. The van der Waals surface area contributed by atoms with Crippen molar-refractivity contribution in [2.24, 2.45) is 0 Å². The molecule has 0 aliphatic rings. The van der Waals surface area contributed by atoms with Gasteiger partial charge in [-0.1, -0.05) is 6.07 Å². The van der Waals surface area contributed by atoms with Gasteiger partial charge < -0.3 is 11.1 Å². The summed E-state index contributed by atoms with van der Waals surface area (Å²) in [5, 5.41) is 4.52. The molecule has 0 atom stereocenters. The molecule has 0 amide bonds. The molecule has 0 saturated heterocycles. The Kier molecular flexibility index (Phi) is 3.46. The molecule has 0 unspecified atom stereocenters. The van der Waals surface area contributed by atoms with E-state index in [-0.39, 0.29) is 0 Å². The second-order valence-electron chi connectivity index (χ2n) is 4.63. The minimum Gasteiger partial charge on any atom is -0.399 e. The fraction of sp³-hybridized carbons (Fsp3) is 0.125. The molecule has 0 radical (unpaired) electrons. The summed E-state index contributed by atoms with van der Waals surface area (Å²) in [5.41, 5.74) is 9.58. The highest BCUT2D eigenvalue weighted by molar-refractivity contribution is 5.92. The van der Waals surface area contributed by atoms with Gasteiger partial charge in [-0.25, -0.2) is 0 Å². The molecule has 3 aromatic rings. The fourth-order valence-electron chi connectivity index (χ4n) is 2.19. The topological polar surface area (TPSA) is 63.8 Å². The molecule has 2 heterocycles.